The van der Waals surface area contributed by atoms with Gasteiger partial charge < -0.3 is 10.6 Å². The molecule has 0 saturated carbocycles. The van der Waals surface area contributed by atoms with E-state index in [1.54, 1.807) is 11.3 Å². The topological polar surface area (TPSA) is 62.5 Å². The van der Waals surface area contributed by atoms with Crippen LogP contribution in [-0.4, -0.2) is 52.9 Å². The van der Waals surface area contributed by atoms with E-state index < -0.39 is 0 Å². The fourth-order valence-electron chi connectivity index (χ4n) is 2.32. The van der Waals surface area contributed by atoms with E-state index in [1.165, 1.54) is 4.88 Å². The van der Waals surface area contributed by atoms with Gasteiger partial charge in [-0.3, -0.25) is 9.69 Å². The number of carbonyl (C=O) groups excluding carboxylic acids is 1. The normalized spacial score (nSPS) is 18.6. The number of aromatic nitrogens is 1. The second kappa shape index (κ2) is 6.65. The van der Waals surface area contributed by atoms with Crippen molar-refractivity contribution in [3.05, 3.63) is 16.1 Å². The lowest BCUT2D eigenvalue weighted by Crippen LogP contribution is -2.54. The maximum atomic E-state index is 12.2. The van der Waals surface area contributed by atoms with Gasteiger partial charge in [0.25, 0.3) is 0 Å². The van der Waals surface area contributed by atoms with E-state index in [-0.39, 0.29) is 17.9 Å². The highest BCUT2D eigenvalue weighted by Crippen LogP contribution is 2.16. The minimum Gasteiger partial charge on any atom is -0.339 e. The Morgan fingerprint density at radius 1 is 1.40 bits per heavy atom. The van der Waals surface area contributed by atoms with Gasteiger partial charge in [0, 0.05) is 43.8 Å². The van der Waals surface area contributed by atoms with Gasteiger partial charge >= 0.3 is 0 Å². The van der Waals surface area contributed by atoms with Crippen LogP contribution >= 0.6 is 11.3 Å². The molecule has 1 atom stereocenters. The molecule has 0 bridgehead atoms. The Labute approximate surface area is 124 Å². The molecule has 20 heavy (non-hydrogen) atoms. The van der Waals surface area contributed by atoms with Crippen LogP contribution in [0.25, 0.3) is 0 Å². The van der Waals surface area contributed by atoms with Crippen LogP contribution in [0.5, 0.6) is 0 Å². The molecule has 0 spiro atoms. The van der Waals surface area contributed by atoms with Crippen LogP contribution in [0.4, 0.5) is 0 Å². The monoisotopic (exact) mass is 296 g/mol. The zero-order chi connectivity index (χ0) is 14.7. The zero-order valence-electron chi connectivity index (χ0n) is 12.5. The van der Waals surface area contributed by atoms with Crippen molar-refractivity contribution in [2.45, 2.75) is 33.4 Å². The lowest BCUT2D eigenvalue weighted by molar-refractivity contribution is -0.135. The maximum Gasteiger partial charge on any atom is 0.239 e. The van der Waals surface area contributed by atoms with Crippen LogP contribution in [0.1, 0.15) is 23.7 Å². The molecule has 2 heterocycles. The highest BCUT2D eigenvalue weighted by Gasteiger charge is 2.26. The van der Waals surface area contributed by atoms with Crippen molar-refractivity contribution >= 4 is 17.2 Å². The molecule has 1 fully saturated rings. The summed E-state index contributed by atoms with van der Waals surface area (Å²) in [6, 6.07) is -0.370. The zero-order valence-corrected chi connectivity index (χ0v) is 13.3. The van der Waals surface area contributed by atoms with Gasteiger partial charge in [0.05, 0.1) is 11.0 Å². The number of hydrogen-bond donors (Lipinski definition) is 1. The van der Waals surface area contributed by atoms with Gasteiger partial charge in [-0.25, -0.2) is 4.98 Å². The van der Waals surface area contributed by atoms with Crippen LogP contribution in [0.3, 0.4) is 0 Å². The Kier molecular flexibility index (Phi) is 5.12. The third kappa shape index (κ3) is 3.77. The van der Waals surface area contributed by atoms with Crippen LogP contribution in [0.2, 0.25) is 0 Å². The van der Waals surface area contributed by atoms with E-state index in [4.69, 9.17) is 5.73 Å². The predicted molar refractivity (Wildman–Crippen MR) is 81.5 cm³/mol. The number of nitrogens with two attached hydrogens (primary N) is 1. The summed E-state index contributed by atoms with van der Waals surface area (Å²) < 4.78 is 0. The summed E-state index contributed by atoms with van der Waals surface area (Å²) >= 11 is 1.74. The number of rotatable bonds is 4. The van der Waals surface area contributed by atoms with Crippen LogP contribution < -0.4 is 5.73 Å². The molecule has 1 saturated heterocycles. The summed E-state index contributed by atoms with van der Waals surface area (Å²) in [5.41, 5.74) is 5.94. The van der Waals surface area contributed by atoms with Crippen molar-refractivity contribution < 1.29 is 4.79 Å². The second-order valence-electron chi connectivity index (χ2n) is 5.72. The second-order valence-corrected chi connectivity index (χ2v) is 7.04. The molecule has 1 aromatic rings. The Bertz CT molecular complexity index is 452. The maximum absolute atomic E-state index is 12.2. The SMILES string of the molecule is Cc1ncc(CN2CCN(C(=O)[C@@H](N)C(C)C)CC2)s1. The van der Waals surface area contributed by atoms with Crippen LogP contribution in [-0.2, 0) is 11.3 Å². The molecule has 1 aliphatic heterocycles. The van der Waals surface area contributed by atoms with E-state index in [2.05, 4.69) is 9.88 Å². The molecular weight excluding hydrogens is 272 g/mol. The first-order chi connectivity index (χ1) is 9.47. The molecule has 0 aromatic carbocycles. The fourth-order valence-corrected chi connectivity index (χ4v) is 3.16. The molecule has 0 radical (unpaired) electrons. The summed E-state index contributed by atoms with van der Waals surface area (Å²) in [7, 11) is 0. The van der Waals surface area contributed by atoms with E-state index in [1.807, 2.05) is 31.9 Å². The van der Waals surface area contributed by atoms with E-state index in [9.17, 15) is 4.79 Å². The number of aryl methyl sites for hydroxylation is 1. The first-order valence-corrected chi connectivity index (χ1v) is 7.97. The molecular formula is C14H24N4OS. The number of thiazole rings is 1. The molecule has 1 amide bonds. The standard InChI is InChI=1S/C14H24N4OS/c1-10(2)13(15)14(19)18-6-4-17(5-7-18)9-12-8-16-11(3)20-12/h8,10,13H,4-7,9,15H2,1-3H3/t13-/m0/s1. The van der Waals surface area contributed by atoms with Crippen molar-refractivity contribution in [1.82, 2.24) is 14.8 Å². The van der Waals surface area contributed by atoms with Crippen molar-refractivity contribution in [2.75, 3.05) is 26.2 Å². The quantitative estimate of drug-likeness (QED) is 0.903. The number of carbonyl (C=O) groups is 1. The van der Waals surface area contributed by atoms with E-state index >= 15 is 0 Å². The van der Waals surface area contributed by atoms with Gasteiger partial charge in [-0.05, 0) is 12.8 Å². The van der Waals surface area contributed by atoms with Crippen LogP contribution in [0, 0.1) is 12.8 Å². The first kappa shape index (κ1) is 15.4. The summed E-state index contributed by atoms with van der Waals surface area (Å²) in [5, 5.41) is 1.11. The van der Waals surface area contributed by atoms with Gasteiger partial charge in [-0.15, -0.1) is 11.3 Å². The minimum atomic E-state index is -0.370. The van der Waals surface area contributed by atoms with Gasteiger partial charge in [-0.2, -0.15) is 0 Å². The van der Waals surface area contributed by atoms with Crippen molar-refractivity contribution in [2.24, 2.45) is 11.7 Å². The third-order valence-electron chi connectivity index (χ3n) is 3.74. The van der Waals surface area contributed by atoms with Gasteiger partial charge in [0.1, 0.15) is 0 Å². The molecule has 6 heteroatoms. The molecule has 1 aromatic heterocycles. The summed E-state index contributed by atoms with van der Waals surface area (Å²) in [4.78, 5) is 22.0. The Morgan fingerprint density at radius 2 is 2.05 bits per heavy atom. The smallest absolute Gasteiger partial charge is 0.239 e. The molecule has 5 nitrogen and oxygen atoms in total. The molecule has 0 aliphatic carbocycles. The molecule has 0 unspecified atom stereocenters. The van der Waals surface area contributed by atoms with Gasteiger partial charge in [0.15, 0.2) is 0 Å². The van der Waals surface area contributed by atoms with Crippen LogP contribution in [0.15, 0.2) is 6.20 Å². The Hall–Kier alpha value is -0.980. The lowest BCUT2D eigenvalue weighted by atomic mass is 10.0. The predicted octanol–water partition coefficient (Wildman–Crippen LogP) is 1.08. The largest absolute Gasteiger partial charge is 0.339 e. The number of hydrogen-bond acceptors (Lipinski definition) is 5. The number of piperazine rings is 1. The Balaban J connectivity index is 1.82. The molecule has 1 aliphatic rings. The van der Waals surface area contributed by atoms with Gasteiger partial charge in [-0.1, -0.05) is 13.8 Å². The van der Waals surface area contributed by atoms with Gasteiger partial charge in [0.2, 0.25) is 5.91 Å². The fraction of sp³-hybridized carbons (Fsp3) is 0.714. The minimum absolute atomic E-state index is 0.0910. The van der Waals surface area contributed by atoms with E-state index in [0.29, 0.717) is 0 Å². The highest BCUT2D eigenvalue weighted by molar-refractivity contribution is 7.11. The highest BCUT2D eigenvalue weighted by atomic mass is 32.1. The first-order valence-electron chi connectivity index (χ1n) is 7.15. The van der Waals surface area contributed by atoms with Crippen molar-refractivity contribution in [3.8, 4) is 0 Å². The summed E-state index contributed by atoms with van der Waals surface area (Å²) in [6.45, 7) is 10.3. The molecule has 2 rings (SSSR count). The van der Waals surface area contributed by atoms with E-state index in [0.717, 1.165) is 37.7 Å². The average Bonchev–Trinajstić information content (AvgIpc) is 2.83. The van der Waals surface area contributed by atoms with Crippen molar-refractivity contribution in [3.63, 3.8) is 0 Å². The lowest BCUT2D eigenvalue weighted by Gasteiger charge is -2.36. The Morgan fingerprint density at radius 3 is 2.55 bits per heavy atom. The molecule has 2 N–H and O–H groups in total. The number of amides is 1. The number of nitrogens with zero attached hydrogens (tertiary/aromatic N) is 3. The molecule has 112 valence electrons. The summed E-state index contributed by atoms with van der Waals surface area (Å²) in [6.07, 6.45) is 1.95. The summed E-state index contributed by atoms with van der Waals surface area (Å²) in [5.74, 6) is 0.286. The van der Waals surface area contributed by atoms with Crippen molar-refractivity contribution in [1.29, 1.82) is 0 Å². The average molecular weight is 296 g/mol. The third-order valence-corrected chi connectivity index (χ3v) is 4.63.